The van der Waals surface area contributed by atoms with Crippen LogP contribution in [-0.4, -0.2) is 29.2 Å². The molecule has 1 amide bonds. The van der Waals surface area contributed by atoms with Gasteiger partial charge in [0.15, 0.2) is 0 Å². The molecule has 25 heavy (non-hydrogen) atoms. The Morgan fingerprint density at radius 2 is 1.88 bits per heavy atom. The zero-order valence-electron chi connectivity index (χ0n) is 13.8. The van der Waals surface area contributed by atoms with E-state index in [9.17, 15) is 20.0 Å². The zero-order valence-corrected chi connectivity index (χ0v) is 14.6. The minimum atomic E-state index is -0.977. The number of anilines is 1. The van der Waals surface area contributed by atoms with E-state index in [2.05, 4.69) is 11.4 Å². The molecule has 3 heterocycles. The molecular formula is C18H20N2O4S. The second kappa shape index (κ2) is 6.43. The molecule has 2 fully saturated rings. The van der Waals surface area contributed by atoms with Gasteiger partial charge in [-0.2, -0.15) is 5.26 Å². The number of thiophene rings is 1. The Balaban J connectivity index is 1.59. The smallest absolute Gasteiger partial charge is 0.310 e. The molecule has 1 aromatic heterocycles. The summed E-state index contributed by atoms with van der Waals surface area (Å²) < 4.78 is 5.67. The first kappa shape index (κ1) is 16.6. The quantitative estimate of drug-likeness (QED) is 0.808. The van der Waals surface area contributed by atoms with Crippen LogP contribution in [0.5, 0.6) is 0 Å². The number of aliphatic carboxylic acids is 1. The van der Waals surface area contributed by atoms with Crippen molar-refractivity contribution in [1.29, 1.82) is 5.26 Å². The molecule has 3 aliphatic rings. The van der Waals surface area contributed by atoms with Gasteiger partial charge in [0.05, 0.1) is 29.6 Å². The highest BCUT2D eigenvalue weighted by Gasteiger charge is 2.55. The average Bonchev–Trinajstić information content (AvgIpc) is 3.23. The third-order valence-electron chi connectivity index (χ3n) is 5.63. The second-order valence-electron chi connectivity index (χ2n) is 7.05. The molecule has 2 aliphatic heterocycles. The number of carboxylic acids is 1. The normalized spacial score (nSPS) is 30.4. The predicted molar refractivity (Wildman–Crippen MR) is 91.4 cm³/mol. The number of carbonyl (C=O) groups is 2. The fourth-order valence-electron chi connectivity index (χ4n) is 4.47. The lowest BCUT2D eigenvalue weighted by Crippen LogP contribution is -2.40. The first-order chi connectivity index (χ1) is 12.1. The van der Waals surface area contributed by atoms with Crippen molar-refractivity contribution in [1.82, 2.24) is 0 Å². The number of aryl methyl sites for hydroxylation is 1. The number of rotatable bonds is 3. The van der Waals surface area contributed by atoms with Gasteiger partial charge in [0.2, 0.25) is 5.91 Å². The Hall–Kier alpha value is -1.91. The molecule has 0 aromatic carbocycles. The van der Waals surface area contributed by atoms with Gasteiger partial charge in [-0.15, -0.1) is 11.3 Å². The van der Waals surface area contributed by atoms with E-state index in [0.29, 0.717) is 17.0 Å². The van der Waals surface area contributed by atoms with E-state index in [0.717, 1.165) is 44.1 Å². The van der Waals surface area contributed by atoms with Crippen molar-refractivity contribution in [3.63, 3.8) is 0 Å². The van der Waals surface area contributed by atoms with Gasteiger partial charge in [-0.25, -0.2) is 0 Å². The average molecular weight is 360 g/mol. The number of nitrogens with zero attached hydrogens (tertiary/aromatic N) is 1. The SMILES string of the molecule is N#Cc1c(NC(=O)[C@@H]2[C@H](C(=O)O)[C@H]3CC[C@H]2O3)sc2c1CCCCC2. The topological polar surface area (TPSA) is 99.4 Å². The molecule has 1 aromatic rings. The van der Waals surface area contributed by atoms with Crippen LogP contribution in [0.3, 0.4) is 0 Å². The minimum Gasteiger partial charge on any atom is -0.481 e. The van der Waals surface area contributed by atoms with Crippen LogP contribution in [0.25, 0.3) is 0 Å². The fourth-order valence-corrected chi connectivity index (χ4v) is 5.71. The van der Waals surface area contributed by atoms with E-state index in [1.807, 2.05) is 0 Å². The van der Waals surface area contributed by atoms with E-state index >= 15 is 0 Å². The molecule has 4 rings (SSSR count). The van der Waals surface area contributed by atoms with Crippen molar-refractivity contribution in [2.24, 2.45) is 11.8 Å². The monoisotopic (exact) mass is 360 g/mol. The Morgan fingerprint density at radius 1 is 1.16 bits per heavy atom. The van der Waals surface area contributed by atoms with Crippen molar-refractivity contribution >= 4 is 28.2 Å². The summed E-state index contributed by atoms with van der Waals surface area (Å²) in [5.41, 5.74) is 1.63. The summed E-state index contributed by atoms with van der Waals surface area (Å²) in [6.45, 7) is 0. The number of amides is 1. The summed E-state index contributed by atoms with van der Waals surface area (Å²) in [5.74, 6) is -2.77. The molecule has 132 valence electrons. The van der Waals surface area contributed by atoms with Crippen LogP contribution in [0.1, 0.15) is 48.1 Å². The molecule has 2 saturated heterocycles. The highest BCUT2D eigenvalue weighted by Crippen LogP contribution is 2.45. The summed E-state index contributed by atoms with van der Waals surface area (Å²) in [5, 5.41) is 22.5. The van der Waals surface area contributed by atoms with Gasteiger partial charge in [-0.1, -0.05) is 6.42 Å². The van der Waals surface area contributed by atoms with E-state index in [-0.39, 0.29) is 18.1 Å². The van der Waals surface area contributed by atoms with Gasteiger partial charge in [0, 0.05) is 4.88 Å². The molecular weight excluding hydrogens is 340 g/mol. The first-order valence-corrected chi connectivity index (χ1v) is 9.65. The highest BCUT2D eigenvalue weighted by atomic mass is 32.1. The lowest BCUT2D eigenvalue weighted by molar-refractivity contribution is -0.147. The van der Waals surface area contributed by atoms with Gasteiger partial charge >= 0.3 is 5.97 Å². The zero-order chi connectivity index (χ0) is 17.6. The van der Waals surface area contributed by atoms with Crippen molar-refractivity contribution in [3.8, 4) is 6.07 Å². The largest absolute Gasteiger partial charge is 0.481 e. The lowest BCUT2D eigenvalue weighted by Gasteiger charge is -2.23. The number of fused-ring (bicyclic) bond motifs is 3. The summed E-state index contributed by atoms with van der Waals surface area (Å²) in [7, 11) is 0. The first-order valence-electron chi connectivity index (χ1n) is 8.84. The van der Waals surface area contributed by atoms with Crippen LogP contribution in [0.15, 0.2) is 0 Å². The van der Waals surface area contributed by atoms with Gasteiger partial charge in [-0.3, -0.25) is 9.59 Å². The number of nitriles is 1. The predicted octanol–water partition coefficient (Wildman–Crippen LogP) is 2.71. The molecule has 6 nitrogen and oxygen atoms in total. The summed E-state index contributed by atoms with van der Waals surface area (Å²) >= 11 is 1.47. The van der Waals surface area contributed by atoms with Crippen molar-refractivity contribution in [2.75, 3.05) is 5.32 Å². The Labute approximate surface area is 149 Å². The van der Waals surface area contributed by atoms with Crippen molar-refractivity contribution < 1.29 is 19.4 Å². The third-order valence-corrected chi connectivity index (χ3v) is 6.84. The van der Waals surface area contributed by atoms with Crippen LogP contribution in [-0.2, 0) is 27.2 Å². The molecule has 7 heteroatoms. The second-order valence-corrected chi connectivity index (χ2v) is 8.15. The van der Waals surface area contributed by atoms with E-state index < -0.39 is 17.8 Å². The Bertz CT molecular complexity index is 766. The summed E-state index contributed by atoms with van der Waals surface area (Å²) in [4.78, 5) is 25.6. The molecule has 0 spiro atoms. The van der Waals surface area contributed by atoms with Crippen LogP contribution < -0.4 is 5.32 Å². The molecule has 0 saturated carbocycles. The summed E-state index contributed by atoms with van der Waals surface area (Å²) in [6, 6.07) is 2.24. The maximum atomic E-state index is 12.8. The van der Waals surface area contributed by atoms with Gasteiger partial charge < -0.3 is 15.2 Å². The highest BCUT2D eigenvalue weighted by molar-refractivity contribution is 7.16. The molecule has 4 atom stereocenters. The van der Waals surface area contributed by atoms with Crippen LogP contribution in [0.4, 0.5) is 5.00 Å². The summed E-state index contributed by atoms with van der Waals surface area (Å²) in [6.07, 6.45) is 5.87. The fraction of sp³-hybridized carbons (Fsp3) is 0.611. The Kier molecular flexibility index (Phi) is 4.26. The van der Waals surface area contributed by atoms with Gasteiger partial charge in [0.1, 0.15) is 11.1 Å². The number of nitrogens with one attached hydrogen (secondary N) is 1. The minimum absolute atomic E-state index is 0.325. The van der Waals surface area contributed by atoms with Gasteiger partial charge in [0.25, 0.3) is 0 Å². The number of ether oxygens (including phenoxy) is 1. The number of hydrogen-bond donors (Lipinski definition) is 2. The van der Waals surface area contributed by atoms with Crippen LogP contribution in [0, 0.1) is 23.2 Å². The molecule has 2 N–H and O–H groups in total. The molecule has 2 bridgehead atoms. The van der Waals surface area contributed by atoms with Crippen molar-refractivity contribution in [3.05, 3.63) is 16.0 Å². The van der Waals surface area contributed by atoms with E-state index in [1.54, 1.807) is 0 Å². The van der Waals surface area contributed by atoms with E-state index in [1.165, 1.54) is 16.2 Å². The maximum absolute atomic E-state index is 12.8. The maximum Gasteiger partial charge on any atom is 0.310 e. The molecule has 0 radical (unpaired) electrons. The number of carboxylic acid groups (broad SMARTS) is 1. The van der Waals surface area contributed by atoms with Crippen molar-refractivity contribution in [2.45, 2.75) is 57.2 Å². The van der Waals surface area contributed by atoms with Gasteiger partial charge in [-0.05, 0) is 44.1 Å². The lowest BCUT2D eigenvalue weighted by atomic mass is 9.79. The van der Waals surface area contributed by atoms with Crippen LogP contribution >= 0.6 is 11.3 Å². The molecule has 0 unspecified atom stereocenters. The number of hydrogen-bond acceptors (Lipinski definition) is 5. The standard InChI is InChI=1S/C18H20N2O4S/c19-8-10-9-4-2-1-3-5-13(9)25-17(10)20-16(21)14-11-6-7-12(24-11)15(14)18(22)23/h11-12,14-15H,1-7H2,(H,20,21)(H,22,23)/t11-,12-,14+,15-/m1/s1. The van der Waals surface area contributed by atoms with Crippen LogP contribution in [0.2, 0.25) is 0 Å². The third kappa shape index (κ3) is 2.74. The molecule has 1 aliphatic carbocycles. The number of carbonyl (C=O) groups excluding carboxylic acids is 1. The Morgan fingerprint density at radius 3 is 2.60 bits per heavy atom. The van der Waals surface area contributed by atoms with E-state index in [4.69, 9.17) is 4.74 Å².